The van der Waals surface area contributed by atoms with E-state index in [0.717, 1.165) is 18.2 Å². The lowest BCUT2D eigenvalue weighted by atomic mass is 9.76. The van der Waals surface area contributed by atoms with Crippen molar-refractivity contribution in [2.75, 3.05) is 13.2 Å². The predicted molar refractivity (Wildman–Crippen MR) is 81.8 cm³/mol. The van der Waals surface area contributed by atoms with Gasteiger partial charge in [-0.2, -0.15) is 0 Å². The lowest BCUT2D eigenvalue weighted by molar-refractivity contribution is -0.165. The van der Waals surface area contributed by atoms with Gasteiger partial charge in [-0.05, 0) is 44.9 Å². The van der Waals surface area contributed by atoms with Crippen LogP contribution < -0.4 is 0 Å². The zero-order valence-electron chi connectivity index (χ0n) is 13.9. The Hall–Kier alpha value is -2.02. The fraction of sp³-hybridized carbons (Fsp3) is 0.529. The number of aliphatic hydroxyl groups is 1. The smallest absolute Gasteiger partial charge is 0.325 e. The molecule has 2 atom stereocenters. The minimum absolute atomic E-state index is 0.0705. The van der Waals surface area contributed by atoms with Crippen LogP contribution in [0.2, 0.25) is 0 Å². The highest BCUT2D eigenvalue weighted by Gasteiger charge is 2.48. The molecule has 1 aliphatic heterocycles. The summed E-state index contributed by atoms with van der Waals surface area (Å²) in [4.78, 5) is 25.8. The maximum atomic E-state index is 13.5. The number of rotatable bonds is 4. The Labute approximate surface area is 139 Å². The number of aliphatic hydroxyl groups excluding tert-OH is 1. The van der Waals surface area contributed by atoms with Gasteiger partial charge in [-0.15, -0.1) is 0 Å². The summed E-state index contributed by atoms with van der Waals surface area (Å²) < 4.78 is 32.0. The fourth-order valence-electron chi connectivity index (χ4n) is 2.90. The number of ether oxygens (including phenoxy) is 1. The summed E-state index contributed by atoms with van der Waals surface area (Å²) in [6, 6.07) is 2.12. The highest BCUT2D eigenvalue weighted by molar-refractivity contribution is 5.87. The fourth-order valence-corrected chi connectivity index (χ4v) is 2.90. The largest absolute Gasteiger partial charge is 0.465 e. The number of benzene rings is 1. The zero-order valence-corrected chi connectivity index (χ0v) is 13.9. The lowest BCUT2D eigenvalue weighted by Gasteiger charge is -2.45. The number of likely N-dealkylation sites (tertiary alicyclic amines) is 1. The molecule has 7 heteroatoms. The molecule has 2 rings (SSSR count). The van der Waals surface area contributed by atoms with Crippen LogP contribution in [0.25, 0.3) is 0 Å². The minimum atomic E-state index is -1.10. The number of amides is 1. The zero-order chi connectivity index (χ0) is 18.1. The Morgan fingerprint density at radius 3 is 2.46 bits per heavy atom. The van der Waals surface area contributed by atoms with Gasteiger partial charge >= 0.3 is 5.97 Å². The Morgan fingerprint density at radius 2 is 1.92 bits per heavy atom. The molecule has 1 aromatic carbocycles. The second-order valence-electron chi connectivity index (χ2n) is 6.43. The number of carbonyl (C=O) groups excluding carboxylic acids is 2. The molecule has 0 spiro atoms. The molecule has 1 N–H and O–H groups in total. The molecule has 0 radical (unpaired) electrons. The summed E-state index contributed by atoms with van der Waals surface area (Å²) >= 11 is 0. The van der Waals surface area contributed by atoms with E-state index in [1.54, 1.807) is 20.8 Å². The Bertz CT molecular complexity index is 627. The average molecular weight is 341 g/mol. The number of hydrogen-bond donors (Lipinski definition) is 1. The van der Waals surface area contributed by atoms with E-state index in [9.17, 15) is 23.5 Å². The van der Waals surface area contributed by atoms with Crippen LogP contribution in [0.4, 0.5) is 8.78 Å². The molecule has 0 saturated carbocycles. The van der Waals surface area contributed by atoms with Crippen LogP contribution in [0.1, 0.15) is 38.8 Å². The van der Waals surface area contributed by atoms with Crippen LogP contribution in [0, 0.1) is 17.0 Å². The summed E-state index contributed by atoms with van der Waals surface area (Å²) in [6.45, 7) is 4.60. The van der Waals surface area contributed by atoms with E-state index in [1.165, 1.54) is 4.90 Å². The molecule has 0 bridgehead atoms. The van der Waals surface area contributed by atoms with Gasteiger partial charge in [0.05, 0.1) is 24.2 Å². The van der Waals surface area contributed by atoms with Crippen molar-refractivity contribution in [2.24, 2.45) is 5.41 Å². The monoisotopic (exact) mass is 341 g/mol. The maximum Gasteiger partial charge on any atom is 0.325 e. The Morgan fingerprint density at radius 1 is 1.33 bits per heavy atom. The van der Waals surface area contributed by atoms with Crippen molar-refractivity contribution in [1.82, 2.24) is 4.90 Å². The number of piperidine rings is 1. The van der Waals surface area contributed by atoms with E-state index in [4.69, 9.17) is 4.74 Å². The molecule has 132 valence electrons. The van der Waals surface area contributed by atoms with Gasteiger partial charge in [0.15, 0.2) is 0 Å². The normalized spacial score (nSPS) is 23.2. The van der Waals surface area contributed by atoms with Crippen molar-refractivity contribution in [3.63, 3.8) is 0 Å². The molecule has 1 aliphatic rings. The Balaban J connectivity index is 2.41. The van der Waals surface area contributed by atoms with Crippen LogP contribution in [0.5, 0.6) is 0 Å². The first-order valence-corrected chi connectivity index (χ1v) is 7.77. The second kappa shape index (κ2) is 6.84. The molecule has 0 unspecified atom stereocenters. The van der Waals surface area contributed by atoms with E-state index in [1.807, 2.05) is 0 Å². The van der Waals surface area contributed by atoms with Gasteiger partial charge in [0.2, 0.25) is 5.91 Å². The maximum absolute atomic E-state index is 13.5. The topological polar surface area (TPSA) is 66.8 Å². The van der Waals surface area contributed by atoms with E-state index in [-0.39, 0.29) is 25.1 Å². The SMILES string of the molecule is CCOC(=O)CN1C(=O)C(C)(C)[C@@H](O)C[C@H]1c1cc(F)cc(F)c1. The third-order valence-corrected chi connectivity index (χ3v) is 4.34. The van der Waals surface area contributed by atoms with Crippen LogP contribution >= 0.6 is 0 Å². The lowest BCUT2D eigenvalue weighted by Crippen LogP contribution is -2.55. The van der Waals surface area contributed by atoms with Gasteiger partial charge in [-0.1, -0.05) is 0 Å². The highest BCUT2D eigenvalue weighted by Crippen LogP contribution is 2.40. The van der Waals surface area contributed by atoms with Gasteiger partial charge < -0.3 is 14.7 Å². The van der Waals surface area contributed by atoms with Crippen LogP contribution in [0.3, 0.4) is 0 Å². The molecular weight excluding hydrogens is 320 g/mol. The average Bonchev–Trinajstić information content (AvgIpc) is 2.47. The number of esters is 1. The molecule has 1 heterocycles. The molecule has 1 amide bonds. The summed E-state index contributed by atoms with van der Waals surface area (Å²) in [6.07, 6.45) is -0.930. The highest BCUT2D eigenvalue weighted by atomic mass is 19.1. The molecule has 1 aromatic rings. The third kappa shape index (κ3) is 3.56. The molecule has 0 aliphatic carbocycles. The van der Waals surface area contributed by atoms with Gasteiger partial charge in [0.25, 0.3) is 0 Å². The molecule has 0 aromatic heterocycles. The standard InChI is InChI=1S/C17H21F2NO4/c1-4-24-15(22)9-20-13(8-14(21)17(2,3)16(20)23)10-5-11(18)7-12(19)6-10/h5-7,13-14,21H,4,8-9H2,1-3H3/t13-,14-/m0/s1. The molecular formula is C17H21F2NO4. The van der Waals surface area contributed by atoms with Gasteiger partial charge in [-0.25, -0.2) is 8.78 Å². The van der Waals surface area contributed by atoms with E-state index >= 15 is 0 Å². The molecule has 1 fully saturated rings. The second-order valence-corrected chi connectivity index (χ2v) is 6.43. The van der Waals surface area contributed by atoms with Gasteiger partial charge in [0, 0.05) is 6.07 Å². The predicted octanol–water partition coefficient (Wildman–Crippen LogP) is 2.19. The first kappa shape index (κ1) is 18.3. The van der Waals surface area contributed by atoms with Gasteiger partial charge in [-0.3, -0.25) is 9.59 Å². The molecule has 1 saturated heterocycles. The third-order valence-electron chi connectivity index (χ3n) is 4.34. The number of carbonyl (C=O) groups is 2. The quantitative estimate of drug-likeness (QED) is 0.853. The van der Waals surface area contributed by atoms with E-state index in [0.29, 0.717) is 0 Å². The first-order valence-electron chi connectivity index (χ1n) is 7.77. The minimum Gasteiger partial charge on any atom is -0.465 e. The van der Waals surface area contributed by atoms with E-state index in [2.05, 4.69) is 0 Å². The number of hydrogen-bond acceptors (Lipinski definition) is 4. The van der Waals surface area contributed by atoms with Crippen LogP contribution in [-0.2, 0) is 14.3 Å². The number of halogens is 2. The van der Waals surface area contributed by atoms with E-state index < -0.39 is 41.1 Å². The Kier molecular flexibility index (Phi) is 5.22. The van der Waals surface area contributed by atoms with Crippen molar-refractivity contribution in [2.45, 2.75) is 39.3 Å². The van der Waals surface area contributed by atoms with Crippen molar-refractivity contribution in [3.05, 3.63) is 35.4 Å². The molecule has 24 heavy (non-hydrogen) atoms. The first-order chi connectivity index (χ1) is 11.2. The van der Waals surface area contributed by atoms with Crippen LogP contribution in [-0.4, -0.2) is 41.1 Å². The summed E-state index contributed by atoms with van der Waals surface area (Å²) in [5.74, 6) is -2.65. The van der Waals surface area contributed by atoms with Crippen molar-refractivity contribution in [3.8, 4) is 0 Å². The summed E-state index contributed by atoms with van der Waals surface area (Å²) in [5, 5.41) is 10.3. The van der Waals surface area contributed by atoms with Crippen molar-refractivity contribution >= 4 is 11.9 Å². The number of nitrogens with zero attached hydrogens (tertiary/aromatic N) is 1. The summed E-state index contributed by atoms with van der Waals surface area (Å²) in [7, 11) is 0. The van der Waals surface area contributed by atoms with Crippen molar-refractivity contribution in [1.29, 1.82) is 0 Å². The van der Waals surface area contributed by atoms with Gasteiger partial charge in [0.1, 0.15) is 18.2 Å². The summed E-state index contributed by atoms with van der Waals surface area (Å²) in [5.41, 5.74) is -0.908. The molecule has 5 nitrogen and oxygen atoms in total. The van der Waals surface area contributed by atoms with Crippen LogP contribution in [0.15, 0.2) is 18.2 Å². The van der Waals surface area contributed by atoms with Crippen molar-refractivity contribution < 1.29 is 28.2 Å².